The van der Waals surface area contributed by atoms with Gasteiger partial charge in [0, 0.05) is 16.3 Å². The van der Waals surface area contributed by atoms with E-state index in [9.17, 15) is 9.59 Å². The maximum absolute atomic E-state index is 12.2. The molecule has 2 aromatic carbocycles. The van der Waals surface area contributed by atoms with Crippen molar-refractivity contribution < 1.29 is 9.59 Å². The maximum Gasteiger partial charge on any atom is 0.243 e. The summed E-state index contributed by atoms with van der Waals surface area (Å²) in [6.45, 7) is 4.13. The molecule has 0 aliphatic carbocycles. The number of nitrogens with one attached hydrogen (secondary N) is 2. The number of amides is 2. The third-order valence-electron chi connectivity index (χ3n) is 3.58. The number of para-hydroxylation sites is 1. The van der Waals surface area contributed by atoms with E-state index in [1.54, 1.807) is 0 Å². The van der Waals surface area contributed by atoms with Crippen LogP contribution in [0.1, 0.15) is 11.1 Å². The van der Waals surface area contributed by atoms with Gasteiger partial charge in [0.15, 0.2) is 0 Å². The van der Waals surface area contributed by atoms with Crippen LogP contribution in [0, 0.1) is 13.8 Å². The third kappa shape index (κ3) is 5.03. The summed E-state index contributed by atoms with van der Waals surface area (Å²) in [5.74, 6) is -0.297. The largest absolute Gasteiger partial charge is 0.375 e. The van der Waals surface area contributed by atoms with Crippen LogP contribution in [0.3, 0.4) is 0 Å². The predicted molar refractivity (Wildman–Crippen MR) is 99.4 cm³/mol. The summed E-state index contributed by atoms with van der Waals surface area (Å²) < 4.78 is 0. The highest BCUT2D eigenvalue weighted by molar-refractivity contribution is 8.00. The number of benzene rings is 2. The highest BCUT2D eigenvalue weighted by atomic mass is 32.2. The molecule has 24 heavy (non-hydrogen) atoms. The van der Waals surface area contributed by atoms with Crippen LogP contribution in [0.25, 0.3) is 0 Å². The van der Waals surface area contributed by atoms with E-state index in [0.717, 1.165) is 27.4 Å². The quantitative estimate of drug-likeness (QED) is 0.675. The molecule has 0 aliphatic rings. The van der Waals surface area contributed by atoms with Gasteiger partial charge in [-0.05, 0) is 43.2 Å². The van der Waals surface area contributed by atoms with Gasteiger partial charge in [-0.3, -0.25) is 9.59 Å². The SMILES string of the molecule is Cc1cccc(NC(=O)CNc2ccccc2SCC(N)=O)c1C. The lowest BCUT2D eigenvalue weighted by atomic mass is 10.1. The fourth-order valence-corrected chi connectivity index (χ4v) is 2.91. The van der Waals surface area contributed by atoms with Gasteiger partial charge < -0.3 is 16.4 Å². The summed E-state index contributed by atoms with van der Waals surface area (Å²) in [6, 6.07) is 13.3. The molecule has 6 heteroatoms. The van der Waals surface area contributed by atoms with Crippen molar-refractivity contribution in [2.75, 3.05) is 22.9 Å². The first-order chi connectivity index (χ1) is 11.5. The summed E-state index contributed by atoms with van der Waals surface area (Å²) in [6.07, 6.45) is 0. The molecule has 0 heterocycles. The second-order valence-electron chi connectivity index (χ2n) is 5.40. The molecule has 0 aromatic heterocycles. The van der Waals surface area contributed by atoms with E-state index in [4.69, 9.17) is 5.73 Å². The number of primary amides is 1. The lowest BCUT2D eigenvalue weighted by molar-refractivity contribution is -0.116. The Morgan fingerprint density at radius 3 is 2.50 bits per heavy atom. The number of aryl methyl sites for hydroxylation is 1. The highest BCUT2D eigenvalue weighted by Crippen LogP contribution is 2.26. The summed E-state index contributed by atoms with van der Waals surface area (Å²) in [5.41, 5.74) is 9.00. The number of thioether (sulfide) groups is 1. The van der Waals surface area contributed by atoms with Crippen LogP contribution in [0.2, 0.25) is 0 Å². The zero-order valence-electron chi connectivity index (χ0n) is 13.8. The monoisotopic (exact) mass is 343 g/mol. The molecule has 2 amide bonds. The lowest BCUT2D eigenvalue weighted by Gasteiger charge is -2.13. The van der Waals surface area contributed by atoms with Crippen molar-refractivity contribution in [2.24, 2.45) is 5.73 Å². The number of anilines is 2. The first kappa shape index (κ1) is 17.9. The molecule has 0 bridgehead atoms. The number of carbonyl (C=O) groups is 2. The summed E-state index contributed by atoms with van der Waals surface area (Å²) in [4.78, 5) is 24.0. The Balaban J connectivity index is 1.97. The first-order valence-corrected chi connectivity index (χ1v) is 8.56. The van der Waals surface area contributed by atoms with Crippen LogP contribution >= 0.6 is 11.8 Å². The maximum atomic E-state index is 12.2. The molecular formula is C18H21N3O2S. The molecule has 0 saturated carbocycles. The molecule has 0 saturated heterocycles. The van der Waals surface area contributed by atoms with Crippen LogP contribution in [0.4, 0.5) is 11.4 Å². The fourth-order valence-electron chi connectivity index (χ4n) is 2.14. The third-order valence-corrected chi connectivity index (χ3v) is 4.67. The Morgan fingerprint density at radius 2 is 1.75 bits per heavy atom. The van der Waals surface area contributed by atoms with E-state index < -0.39 is 0 Å². The molecule has 4 N–H and O–H groups in total. The molecule has 2 aromatic rings. The Bertz CT molecular complexity index is 747. The fraction of sp³-hybridized carbons (Fsp3) is 0.222. The molecule has 2 rings (SSSR count). The molecular weight excluding hydrogens is 322 g/mol. The number of hydrogen-bond acceptors (Lipinski definition) is 4. The Kier molecular flexibility index (Phi) is 6.26. The van der Waals surface area contributed by atoms with Gasteiger partial charge in [0.25, 0.3) is 0 Å². The standard InChI is InChI=1S/C18H21N3O2S/c1-12-6-5-8-14(13(12)2)21-18(23)10-20-15-7-3-4-9-16(15)24-11-17(19)22/h3-9,20H,10-11H2,1-2H3,(H2,19,22)(H,21,23). The minimum atomic E-state index is -0.373. The zero-order chi connectivity index (χ0) is 17.5. The number of nitrogens with two attached hydrogens (primary N) is 1. The second-order valence-corrected chi connectivity index (χ2v) is 6.42. The average molecular weight is 343 g/mol. The van der Waals surface area contributed by atoms with Crippen LogP contribution in [-0.2, 0) is 9.59 Å². The van der Waals surface area contributed by atoms with Crippen LogP contribution in [-0.4, -0.2) is 24.1 Å². The molecule has 0 aliphatic heterocycles. The number of hydrogen-bond donors (Lipinski definition) is 3. The summed E-state index contributed by atoms with van der Waals surface area (Å²) in [7, 11) is 0. The topological polar surface area (TPSA) is 84.2 Å². The number of carbonyl (C=O) groups excluding carboxylic acids is 2. The first-order valence-electron chi connectivity index (χ1n) is 7.57. The van der Waals surface area contributed by atoms with E-state index in [0.29, 0.717) is 0 Å². The van der Waals surface area contributed by atoms with E-state index in [1.165, 1.54) is 11.8 Å². The van der Waals surface area contributed by atoms with Crippen molar-refractivity contribution in [3.8, 4) is 0 Å². The normalized spacial score (nSPS) is 10.2. The number of rotatable bonds is 7. The molecule has 0 unspecified atom stereocenters. The van der Waals surface area contributed by atoms with Gasteiger partial charge in [-0.2, -0.15) is 0 Å². The van der Waals surface area contributed by atoms with Crippen molar-refractivity contribution in [1.82, 2.24) is 0 Å². The van der Waals surface area contributed by atoms with Crippen molar-refractivity contribution in [3.63, 3.8) is 0 Å². The molecule has 0 spiro atoms. The van der Waals surface area contributed by atoms with Crippen molar-refractivity contribution in [3.05, 3.63) is 53.6 Å². The zero-order valence-corrected chi connectivity index (χ0v) is 14.6. The molecule has 0 fully saturated rings. The van der Waals surface area contributed by atoms with E-state index in [-0.39, 0.29) is 24.1 Å². The smallest absolute Gasteiger partial charge is 0.243 e. The minimum absolute atomic E-state index is 0.126. The van der Waals surface area contributed by atoms with Gasteiger partial charge >= 0.3 is 0 Å². The van der Waals surface area contributed by atoms with E-state index in [2.05, 4.69) is 10.6 Å². The summed E-state index contributed by atoms with van der Waals surface area (Å²) >= 11 is 1.35. The second kappa shape index (κ2) is 8.40. The Morgan fingerprint density at radius 1 is 1.04 bits per heavy atom. The van der Waals surface area contributed by atoms with Gasteiger partial charge in [0.2, 0.25) is 11.8 Å². The summed E-state index contributed by atoms with van der Waals surface area (Å²) in [5, 5.41) is 6.01. The van der Waals surface area contributed by atoms with E-state index >= 15 is 0 Å². The van der Waals surface area contributed by atoms with Crippen LogP contribution in [0.15, 0.2) is 47.4 Å². The van der Waals surface area contributed by atoms with Crippen molar-refractivity contribution in [1.29, 1.82) is 0 Å². The Labute approximate surface area is 146 Å². The Hall–Kier alpha value is -2.47. The predicted octanol–water partition coefficient (Wildman–Crippen LogP) is 2.93. The molecule has 0 radical (unpaired) electrons. The van der Waals surface area contributed by atoms with Gasteiger partial charge in [-0.15, -0.1) is 11.8 Å². The minimum Gasteiger partial charge on any atom is -0.375 e. The van der Waals surface area contributed by atoms with Crippen LogP contribution < -0.4 is 16.4 Å². The average Bonchev–Trinajstić information content (AvgIpc) is 2.56. The molecule has 126 valence electrons. The van der Waals surface area contributed by atoms with Gasteiger partial charge in [0.1, 0.15) is 0 Å². The highest BCUT2D eigenvalue weighted by Gasteiger charge is 2.08. The lowest BCUT2D eigenvalue weighted by Crippen LogP contribution is -2.22. The van der Waals surface area contributed by atoms with Gasteiger partial charge in [-0.25, -0.2) is 0 Å². The van der Waals surface area contributed by atoms with E-state index in [1.807, 2.05) is 56.3 Å². The molecule has 0 atom stereocenters. The van der Waals surface area contributed by atoms with Gasteiger partial charge in [-0.1, -0.05) is 24.3 Å². The van der Waals surface area contributed by atoms with Crippen LogP contribution in [0.5, 0.6) is 0 Å². The van der Waals surface area contributed by atoms with Crippen molar-refractivity contribution >= 4 is 35.0 Å². The molecule has 5 nitrogen and oxygen atoms in total. The van der Waals surface area contributed by atoms with Crippen molar-refractivity contribution in [2.45, 2.75) is 18.7 Å². The van der Waals surface area contributed by atoms with Gasteiger partial charge in [0.05, 0.1) is 12.3 Å².